The first-order valence-corrected chi connectivity index (χ1v) is 8.77. The molecule has 2 aromatic carbocycles. The van der Waals surface area contributed by atoms with Crippen molar-refractivity contribution in [1.82, 2.24) is 5.43 Å². The normalized spacial score (nSPS) is 10.9. The lowest BCUT2D eigenvalue weighted by Gasteiger charge is -2.11. The van der Waals surface area contributed by atoms with Crippen LogP contribution in [0.25, 0.3) is 0 Å². The highest BCUT2D eigenvalue weighted by molar-refractivity contribution is 6.03. The van der Waals surface area contributed by atoms with E-state index < -0.39 is 30.0 Å². The number of ether oxygens (including phenoxy) is 2. The molecule has 0 unspecified atom stereocenters. The highest BCUT2D eigenvalue weighted by atomic mass is 19.4. The summed E-state index contributed by atoms with van der Waals surface area (Å²) in [4.78, 5) is 23.8. The van der Waals surface area contributed by atoms with Crippen LogP contribution in [-0.2, 0) is 15.8 Å². The van der Waals surface area contributed by atoms with E-state index in [0.717, 1.165) is 18.2 Å². The Hall–Kier alpha value is -4.00. The quantitative estimate of drug-likeness (QED) is 0.290. The van der Waals surface area contributed by atoms with Gasteiger partial charge in [-0.3, -0.25) is 9.59 Å². The molecule has 0 aliphatic rings. The molecule has 0 fully saturated rings. The summed E-state index contributed by atoms with van der Waals surface area (Å²) in [5.41, 5.74) is 1.62. The van der Waals surface area contributed by atoms with Crippen molar-refractivity contribution in [3.63, 3.8) is 0 Å². The molecular weight excluding hydrogens is 415 g/mol. The summed E-state index contributed by atoms with van der Waals surface area (Å²) in [6.07, 6.45) is 1.27. The van der Waals surface area contributed by atoms with Crippen molar-refractivity contribution in [2.45, 2.75) is 12.6 Å². The van der Waals surface area contributed by atoms with Crippen molar-refractivity contribution in [2.75, 3.05) is 19.0 Å². The summed E-state index contributed by atoms with van der Waals surface area (Å²) in [6.45, 7) is -0.0106. The zero-order valence-corrected chi connectivity index (χ0v) is 16.3. The van der Waals surface area contributed by atoms with Crippen LogP contribution in [0.5, 0.6) is 11.5 Å². The van der Waals surface area contributed by atoms with Crippen LogP contribution in [0.15, 0.2) is 47.6 Å². The number of rotatable bonds is 8. The summed E-state index contributed by atoms with van der Waals surface area (Å²) < 4.78 is 48.8. The summed E-state index contributed by atoms with van der Waals surface area (Å²) in [5, 5.41) is 5.99. The largest absolute Gasteiger partial charge is 0.493 e. The maximum absolute atomic E-state index is 12.7. The fraction of sp³-hybridized carbons (Fsp3) is 0.190. The van der Waals surface area contributed by atoms with Gasteiger partial charge >= 0.3 is 6.18 Å². The van der Waals surface area contributed by atoms with Crippen molar-refractivity contribution in [1.29, 1.82) is 0 Å². The fourth-order valence-corrected chi connectivity index (χ4v) is 2.40. The molecule has 0 aliphatic carbocycles. The molecule has 162 valence electrons. The highest BCUT2D eigenvalue weighted by Crippen LogP contribution is 2.31. The smallest absolute Gasteiger partial charge is 0.416 e. The maximum Gasteiger partial charge on any atom is 0.416 e. The van der Waals surface area contributed by atoms with Gasteiger partial charge in [0.25, 0.3) is 0 Å². The number of nitrogens with zero attached hydrogens (tertiary/aromatic N) is 1. The lowest BCUT2D eigenvalue weighted by atomic mass is 10.2. The topological polar surface area (TPSA) is 89.0 Å². The first-order chi connectivity index (χ1) is 14.7. The van der Waals surface area contributed by atoms with E-state index in [1.807, 2.05) is 0 Å². The molecule has 0 spiro atoms. The minimum absolute atomic E-state index is 0.0106. The molecule has 10 heteroatoms. The van der Waals surface area contributed by atoms with Gasteiger partial charge in [0, 0.05) is 11.3 Å². The van der Waals surface area contributed by atoms with Crippen molar-refractivity contribution in [3.05, 3.63) is 53.6 Å². The van der Waals surface area contributed by atoms with Crippen molar-refractivity contribution < 1.29 is 32.2 Å². The number of para-hydroxylation sites is 1. The number of hydrogen-bond acceptors (Lipinski definition) is 5. The first kappa shape index (κ1) is 23.3. The molecule has 0 aliphatic heterocycles. The molecule has 31 heavy (non-hydrogen) atoms. The second-order valence-electron chi connectivity index (χ2n) is 5.97. The highest BCUT2D eigenvalue weighted by Gasteiger charge is 2.30. The average Bonchev–Trinajstić information content (AvgIpc) is 2.72. The Morgan fingerprint density at radius 1 is 1.19 bits per heavy atom. The van der Waals surface area contributed by atoms with Crippen LogP contribution in [0.4, 0.5) is 18.9 Å². The molecule has 2 amide bonds. The number of halogens is 3. The van der Waals surface area contributed by atoms with Crippen LogP contribution in [0.1, 0.15) is 17.5 Å². The van der Waals surface area contributed by atoms with E-state index in [9.17, 15) is 22.8 Å². The van der Waals surface area contributed by atoms with Gasteiger partial charge in [0.2, 0.25) is 11.8 Å². The van der Waals surface area contributed by atoms with E-state index in [2.05, 4.69) is 21.8 Å². The number of hydrogen-bond donors (Lipinski definition) is 2. The lowest BCUT2D eigenvalue weighted by molar-refractivity contribution is -0.137. The number of methoxy groups -OCH3 is 1. The Bertz CT molecular complexity index is 1010. The summed E-state index contributed by atoms with van der Waals surface area (Å²) >= 11 is 0. The van der Waals surface area contributed by atoms with E-state index in [0.29, 0.717) is 17.1 Å². The zero-order valence-electron chi connectivity index (χ0n) is 16.3. The molecule has 0 radical (unpaired) electrons. The van der Waals surface area contributed by atoms with Gasteiger partial charge < -0.3 is 14.8 Å². The summed E-state index contributed by atoms with van der Waals surface area (Å²) in [6, 6.07) is 9.05. The summed E-state index contributed by atoms with van der Waals surface area (Å²) in [5.74, 6) is 1.49. The Labute approximate surface area is 176 Å². The third kappa shape index (κ3) is 7.08. The molecule has 0 atom stereocenters. The summed E-state index contributed by atoms with van der Waals surface area (Å²) in [7, 11) is 1.45. The SMILES string of the molecule is C#CCOc1c(C=NNC(=O)CC(=O)Nc2cccc(C(F)(F)F)c2)cccc1OC. The number of carbonyl (C=O) groups is 2. The van der Waals surface area contributed by atoms with Crippen LogP contribution in [0, 0.1) is 12.3 Å². The Kier molecular flexibility index (Phi) is 8.02. The zero-order chi connectivity index (χ0) is 22.9. The van der Waals surface area contributed by atoms with E-state index >= 15 is 0 Å². The van der Waals surface area contributed by atoms with Crippen LogP contribution in [0.2, 0.25) is 0 Å². The van der Waals surface area contributed by atoms with E-state index in [1.165, 1.54) is 19.4 Å². The van der Waals surface area contributed by atoms with Gasteiger partial charge in [0.15, 0.2) is 11.5 Å². The fourth-order valence-electron chi connectivity index (χ4n) is 2.40. The van der Waals surface area contributed by atoms with Gasteiger partial charge in [-0.25, -0.2) is 5.43 Å². The Balaban J connectivity index is 1.96. The molecule has 2 aromatic rings. The molecule has 0 saturated heterocycles. The van der Waals surface area contributed by atoms with E-state index in [1.54, 1.807) is 18.2 Å². The third-order valence-corrected chi connectivity index (χ3v) is 3.72. The number of benzene rings is 2. The number of carbonyl (C=O) groups excluding carboxylic acids is 2. The molecule has 0 heterocycles. The van der Waals surface area contributed by atoms with Crippen LogP contribution in [-0.4, -0.2) is 31.7 Å². The number of anilines is 1. The van der Waals surface area contributed by atoms with Crippen LogP contribution >= 0.6 is 0 Å². The van der Waals surface area contributed by atoms with E-state index in [-0.39, 0.29) is 12.3 Å². The predicted molar refractivity (Wildman–Crippen MR) is 108 cm³/mol. The number of alkyl halides is 3. The second-order valence-corrected chi connectivity index (χ2v) is 5.97. The maximum atomic E-state index is 12.7. The molecule has 0 saturated carbocycles. The standard InChI is InChI=1S/C21H18F3N3O4/c1-3-10-31-20-14(6-4-9-17(20)30-2)13-25-27-19(29)12-18(28)26-16-8-5-7-15(11-16)21(22,23)24/h1,4-9,11,13H,10,12H2,2H3,(H,26,28)(H,27,29). The van der Waals surface area contributed by atoms with Crippen LogP contribution < -0.4 is 20.2 Å². The first-order valence-electron chi connectivity index (χ1n) is 8.77. The van der Waals surface area contributed by atoms with Gasteiger partial charge in [0.05, 0.1) is 18.9 Å². The van der Waals surface area contributed by atoms with Gasteiger partial charge in [-0.2, -0.15) is 18.3 Å². The number of nitrogens with one attached hydrogen (secondary N) is 2. The minimum atomic E-state index is -4.55. The third-order valence-electron chi connectivity index (χ3n) is 3.72. The molecular formula is C21H18F3N3O4. The number of amides is 2. The molecule has 2 rings (SSSR count). The van der Waals surface area contributed by atoms with Gasteiger partial charge in [0.1, 0.15) is 13.0 Å². The molecule has 0 bridgehead atoms. The number of hydrazone groups is 1. The predicted octanol–water partition coefficient (Wildman–Crippen LogP) is 3.20. The lowest BCUT2D eigenvalue weighted by Crippen LogP contribution is -2.24. The van der Waals surface area contributed by atoms with Crippen LogP contribution in [0.3, 0.4) is 0 Å². The van der Waals surface area contributed by atoms with Gasteiger partial charge in [-0.15, -0.1) is 6.42 Å². The van der Waals surface area contributed by atoms with Gasteiger partial charge in [-0.05, 0) is 30.3 Å². The van der Waals surface area contributed by atoms with Crippen molar-refractivity contribution in [3.8, 4) is 23.8 Å². The molecule has 0 aromatic heterocycles. The number of terminal acetylenes is 1. The van der Waals surface area contributed by atoms with Gasteiger partial charge in [-0.1, -0.05) is 18.1 Å². The average molecular weight is 433 g/mol. The second kappa shape index (κ2) is 10.7. The van der Waals surface area contributed by atoms with Crippen molar-refractivity contribution in [2.24, 2.45) is 5.10 Å². The molecule has 7 nitrogen and oxygen atoms in total. The Morgan fingerprint density at radius 3 is 2.61 bits per heavy atom. The monoisotopic (exact) mass is 433 g/mol. The Morgan fingerprint density at radius 2 is 1.94 bits per heavy atom. The van der Waals surface area contributed by atoms with Crippen molar-refractivity contribution >= 4 is 23.7 Å². The minimum Gasteiger partial charge on any atom is -0.493 e. The van der Waals surface area contributed by atoms with E-state index in [4.69, 9.17) is 15.9 Å². The molecule has 2 N–H and O–H groups in total.